The normalized spacial score (nSPS) is 26.0. The van der Waals surface area contributed by atoms with Gasteiger partial charge in [0.1, 0.15) is 11.9 Å². The maximum Gasteiger partial charge on any atom is 0.416 e. The maximum atomic E-state index is 12.7. The second-order valence-electron chi connectivity index (χ2n) is 8.14. The Morgan fingerprint density at radius 3 is 2.25 bits per heavy atom. The molecule has 1 aliphatic carbocycles. The number of benzene rings is 2. The van der Waals surface area contributed by atoms with E-state index in [0.29, 0.717) is 25.1 Å². The van der Waals surface area contributed by atoms with Crippen molar-refractivity contribution < 1.29 is 32.4 Å². The Kier molecular flexibility index (Phi) is 6.46. The first kappa shape index (κ1) is 22.6. The van der Waals surface area contributed by atoms with Crippen LogP contribution in [-0.2, 0) is 20.7 Å². The van der Waals surface area contributed by atoms with Gasteiger partial charge in [-0.05, 0) is 60.4 Å². The van der Waals surface area contributed by atoms with Crippen LogP contribution in [0.3, 0.4) is 0 Å². The predicted octanol–water partition coefficient (Wildman–Crippen LogP) is 5.83. The van der Waals surface area contributed by atoms with E-state index in [-0.39, 0.29) is 6.04 Å². The minimum absolute atomic E-state index is 0.122. The van der Waals surface area contributed by atoms with Gasteiger partial charge >= 0.3 is 6.18 Å². The number of hydrogen-bond donors (Lipinski definition) is 1. The first-order valence-corrected chi connectivity index (χ1v) is 10.5. The van der Waals surface area contributed by atoms with Crippen LogP contribution in [0.5, 0.6) is 5.75 Å². The van der Waals surface area contributed by atoms with E-state index in [9.17, 15) is 13.2 Å². The third kappa shape index (κ3) is 5.09. The summed E-state index contributed by atoms with van der Waals surface area (Å²) in [5.41, 5.74) is 1.69. The number of halogens is 3. The first-order valence-electron chi connectivity index (χ1n) is 10.5. The van der Waals surface area contributed by atoms with Crippen molar-refractivity contribution in [1.29, 1.82) is 0 Å². The van der Waals surface area contributed by atoms with Gasteiger partial charge in [0.25, 0.3) is 0 Å². The summed E-state index contributed by atoms with van der Waals surface area (Å²) < 4.78 is 49.4. The molecular formula is C24H26F3NO4. The average molecular weight is 449 g/mol. The van der Waals surface area contributed by atoms with E-state index in [0.717, 1.165) is 41.9 Å². The number of anilines is 1. The molecule has 2 aliphatic rings. The molecule has 1 aliphatic heterocycles. The second-order valence-corrected chi connectivity index (χ2v) is 8.14. The molecule has 2 aromatic rings. The maximum absolute atomic E-state index is 12.7. The van der Waals surface area contributed by atoms with Gasteiger partial charge in [-0.15, -0.1) is 0 Å². The Morgan fingerprint density at radius 1 is 1.06 bits per heavy atom. The molecule has 1 atom stereocenters. The zero-order valence-corrected chi connectivity index (χ0v) is 17.8. The van der Waals surface area contributed by atoms with Crippen molar-refractivity contribution in [2.24, 2.45) is 0 Å². The summed E-state index contributed by atoms with van der Waals surface area (Å²) in [5, 5.41) is 3.30. The van der Waals surface area contributed by atoms with Crippen molar-refractivity contribution in [3.05, 3.63) is 66.2 Å². The van der Waals surface area contributed by atoms with Gasteiger partial charge in [0, 0.05) is 24.6 Å². The average Bonchev–Trinajstić information content (AvgIpc) is 2.81. The monoisotopic (exact) mass is 449 g/mol. The van der Waals surface area contributed by atoms with Crippen molar-refractivity contribution in [3.63, 3.8) is 0 Å². The highest BCUT2D eigenvalue weighted by Crippen LogP contribution is 2.39. The van der Waals surface area contributed by atoms with E-state index in [1.165, 1.54) is 12.1 Å². The third-order valence-corrected chi connectivity index (χ3v) is 5.99. The number of ether oxygens (including phenoxy) is 2. The van der Waals surface area contributed by atoms with Crippen molar-refractivity contribution in [1.82, 2.24) is 0 Å². The summed E-state index contributed by atoms with van der Waals surface area (Å²) in [6.07, 6.45) is -2.01. The van der Waals surface area contributed by atoms with Gasteiger partial charge < -0.3 is 14.8 Å². The highest BCUT2D eigenvalue weighted by atomic mass is 19.4. The summed E-state index contributed by atoms with van der Waals surface area (Å²) in [6.45, 7) is 4.45. The van der Waals surface area contributed by atoms with Crippen molar-refractivity contribution >= 4 is 11.3 Å². The van der Waals surface area contributed by atoms with Crippen molar-refractivity contribution in [3.8, 4) is 5.75 Å². The highest BCUT2D eigenvalue weighted by Gasteiger charge is 2.43. The largest absolute Gasteiger partial charge is 0.497 e. The predicted molar refractivity (Wildman–Crippen MR) is 114 cm³/mol. The van der Waals surface area contributed by atoms with Crippen LogP contribution in [0.1, 0.15) is 36.8 Å². The van der Waals surface area contributed by atoms with Crippen LogP contribution in [0, 0.1) is 0 Å². The SMILES string of the molecule is C=C(c1ccc(OC)cc1)C1COC2(CCC(Nc3ccc(C(F)(F)F)cc3)CC2)OO1. The Balaban J connectivity index is 1.26. The molecule has 4 rings (SSSR count). The van der Waals surface area contributed by atoms with Crippen LogP contribution in [0.25, 0.3) is 5.57 Å². The second kappa shape index (κ2) is 9.13. The lowest BCUT2D eigenvalue weighted by molar-refractivity contribution is -0.483. The molecule has 172 valence electrons. The molecule has 0 bridgehead atoms. The van der Waals surface area contributed by atoms with E-state index >= 15 is 0 Å². The van der Waals surface area contributed by atoms with Gasteiger partial charge in [0.05, 0.1) is 19.3 Å². The molecule has 1 heterocycles. The summed E-state index contributed by atoms with van der Waals surface area (Å²) in [7, 11) is 1.61. The van der Waals surface area contributed by atoms with Gasteiger partial charge in [-0.2, -0.15) is 13.2 Å². The minimum Gasteiger partial charge on any atom is -0.497 e. The third-order valence-electron chi connectivity index (χ3n) is 5.99. The smallest absolute Gasteiger partial charge is 0.416 e. The van der Waals surface area contributed by atoms with Gasteiger partial charge in [-0.25, -0.2) is 9.78 Å². The molecule has 8 heteroatoms. The Morgan fingerprint density at radius 2 is 1.72 bits per heavy atom. The zero-order valence-electron chi connectivity index (χ0n) is 17.8. The molecule has 0 amide bonds. The minimum atomic E-state index is -4.33. The molecule has 1 saturated carbocycles. The molecule has 1 unspecified atom stereocenters. The van der Waals surface area contributed by atoms with E-state index in [1.54, 1.807) is 7.11 Å². The van der Waals surface area contributed by atoms with Crippen LogP contribution in [0.2, 0.25) is 0 Å². The summed E-state index contributed by atoms with van der Waals surface area (Å²) in [6, 6.07) is 12.7. The van der Waals surface area contributed by atoms with Crippen LogP contribution < -0.4 is 10.1 Å². The molecule has 2 aromatic carbocycles. The number of hydrogen-bond acceptors (Lipinski definition) is 5. The summed E-state index contributed by atoms with van der Waals surface area (Å²) >= 11 is 0. The van der Waals surface area contributed by atoms with Crippen molar-refractivity contribution in [2.45, 2.75) is 49.8 Å². The molecule has 2 fully saturated rings. The fraction of sp³-hybridized carbons (Fsp3) is 0.417. The van der Waals surface area contributed by atoms with Crippen LogP contribution >= 0.6 is 0 Å². The Hall–Kier alpha value is -2.55. The quantitative estimate of drug-likeness (QED) is 0.583. The van der Waals surface area contributed by atoms with E-state index < -0.39 is 23.6 Å². The van der Waals surface area contributed by atoms with Crippen LogP contribution in [0.4, 0.5) is 18.9 Å². The molecular weight excluding hydrogens is 423 g/mol. The Bertz CT molecular complexity index is 910. The fourth-order valence-electron chi connectivity index (χ4n) is 4.00. The Labute approximate surface area is 185 Å². The lowest BCUT2D eigenvalue weighted by Gasteiger charge is -2.43. The highest BCUT2D eigenvalue weighted by molar-refractivity contribution is 5.67. The summed E-state index contributed by atoms with van der Waals surface area (Å²) in [4.78, 5) is 11.4. The molecule has 1 saturated heterocycles. The molecule has 32 heavy (non-hydrogen) atoms. The molecule has 1 N–H and O–H groups in total. The van der Waals surface area contributed by atoms with Crippen LogP contribution in [-0.4, -0.2) is 31.6 Å². The number of alkyl halides is 3. The number of rotatable bonds is 5. The van der Waals surface area contributed by atoms with E-state index in [4.69, 9.17) is 19.2 Å². The van der Waals surface area contributed by atoms with Gasteiger partial charge in [-0.1, -0.05) is 18.7 Å². The van der Waals surface area contributed by atoms with Crippen LogP contribution in [0.15, 0.2) is 55.1 Å². The standard InChI is InChI=1S/C24H26F3NO4/c1-16(17-3-9-21(29-2)10-4-17)22-15-30-23(32-31-22)13-11-20(12-14-23)28-19-7-5-18(6-8-19)24(25,26)27/h3-10,20,22,28H,1,11-15H2,2H3. The fourth-order valence-corrected chi connectivity index (χ4v) is 4.00. The lowest BCUT2D eigenvalue weighted by Crippen LogP contribution is -2.49. The van der Waals surface area contributed by atoms with Gasteiger partial charge in [0.15, 0.2) is 0 Å². The van der Waals surface area contributed by atoms with Crippen molar-refractivity contribution in [2.75, 3.05) is 19.0 Å². The zero-order chi connectivity index (χ0) is 22.8. The topological polar surface area (TPSA) is 49.0 Å². The molecule has 0 radical (unpaired) electrons. The number of methoxy groups -OCH3 is 1. The first-order chi connectivity index (χ1) is 15.3. The van der Waals surface area contributed by atoms with Gasteiger partial charge in [0.2, 0.25) is 5.79 Å². The molecule has 1 spiro atoms. The van der Waals surface area contributed by atoms with E-state index in [2.05, 4.69) is 11.9 Å². The molecule has 0 aromatic heterocycles. The van der Waals surface area contributed by atoms with Gasteiger partial charge in [-0.3, -0.25) is 0 Å². The molecule has 5 nitrogen and oxygen atoms in total. The number of nitrogens with one attached hydrogen (secondary N) is 1. The van der Waals surface area contributed by atoms with E-state index in [1.807, 2.05) is 24.3 Å². The summed E-state index contributed by atoms with van der Waals surface area (Å²) in [5.74, 6) is -0.0334. The lowest BCUT2D eigenvalue weighted by atomic mass is 9.89.